The second-order valence-electron chi connectivity index (χ2n) is 8.71. The molecule has 0 atom stereocenters. The van der Waals surface area contributed by atoms with E-state index in [4.69, 9.17) is 14.5 Å². The maximum Gasteiger partial charge on any atom is 0.323 e. The molecule has 164 valence electrons. The van der Waals surface area contributed by atoms with Gasteiger partial charge in [0.1, 0.15) is 11.3 Å². The van der Waals surface area contributed by atoms with Crippen molar-refractivity contribution in [2.75, 3.05) is 32.7 Å². The fourth-order valence-corrected chi connectivity index (χ4v) is 5.57. The van der Waals surface area contributed by atoms with Crippen LogP contribution in [0.25, 0.3) is 10.2 Å². The average Bonchev–Trinajstić information content (AvgIpc) is 3.16. The smallest absolute Gasteiger partial charge is 0.323 e. The number of fused-ring (bicyclic) bond motifs is 1. The number of benzene rings is 1. The summed E-state index contributed by atoms with van der Waals surface area (Å²) >= 11 is 1.51. The molecule has 2 amide bonds. The zero-order valence-corrected chi connectivity index (χ0v) is 18.8. The van der Waals surface area contributed by atoms with E-state index in [1.54, 1.807) is 12.0 Å². The van der Waals surface area contributed by atoms with Gasteiger partial charge in [0.25, 0.3) is 0 Å². The highest BCUT2D eigenvalue weighted by atomic mass is 32.1. The number of hydrogen-bond donors (Lipinski definition) is 2. The molecule has 2 aromatic rings. The summed E-state index contributed by atoms with van der Waals surface area (Å²) in [6.07, 6.45) is 5.02. The molecule has 2 N–H and O–H groups in total. The number of anilines is 1. The quantitative estimate of drug-likeness (QED) is 0.749. The van der Waals surface area contributed by atoms with Gasteiger partial charge in [0.15, 0.2) is 5.13 Å². The third kappa shape index (κ3) is 4.40. The Morgan fingerprint density at radius 1 is 1.30 bits per heavy atom. The number of thiazole rings is 1. The fraction of sp³-hybridized carbons (Fsp3) is 0.636. The lowest BCUT2D eigenvalue weighted by Crippen LogP contribution is -2.44. The molecule has 7 nitrogen and oxygen atoms in total. The monoisotopic (exact) mass is 433 g/mol. The molecule has 1 saturated heterocycles. The highest BCUT2D eigenvalue weighted by Gasteiger charge is 2.32. The number of rotatable bonds is 4. The van der Waals surface area contributed by atoms with Gasteiger partial charge in [0.2, 0.25) is 0 Å². The molecule has 2 fully saturated rings. The predicted molar refractivity (Wildman–Crippen MR) is 119 cm³/mol. The van der Waals surface area contributed by atoms with Crippen LogP contribution in [0.15, 0.2) is 12.1 Å². The van der Waals surface area contributed by atoms with E-state index in [0.29, 0.717) is 23.9 Å². The molecule has 0 radical (unpaired) electrons. The Labute approximate surface area is 181 Å². The van der Waals surface area contributed by atoms with Gasteiger partial charge in [0, 0.05) is 26.3 Å². The SMILES string of the molecule is COc1ccc(C2CCOCC2)c2sc(NC(=O)N(C)[C@H]3CC[C@](C)(O)CC3)nc12. The zero-order chi connectivity index (χ0) is 21.3. The molecule has 1 aliphatic heterocycles. The van der Waals surface area contributed by atoms with Gasteiger partial charge >= 0.3 is 6.03 Å². The Bertz CT molecular complexity index is 897. The molecule has 2 heterocycles. The van der Waals surface area contributed by atoms with Crippen molar-refractivity contribution in [2.24, 2.45) is 0 Å². The number of nitrogens with zero attached hydrogens (tertiary/aromatic N) is 2. The molecule has 0 spiro atoms. The second-order valence-corrected chi connectivity index (χ2v) is 9.71. The number of hydrogen-bond acceptors (Lipinski definition) is 6. The van der Waals surface area contributed by atoms with Gasteiger partial charge in [-0.3, -0.25) is 5.32 Å². The van der Waals surface area contributed by atoms with Crippen LogP contribution in [0.2, 0.25) is 0 Å². The lowest BCUT2D eigenvalue weighted by Gasteiger charge is -2.37. The molecule has 1 saturated carbocycles. The van der Waals surface area contributed by atoms with Gasteiger partial charge < -0.3 is 19.5 Å². The van der Waals surface area contributed by atoms with E-state index in [1.165, 1.54) is 16.9 Å². The first-order valence-electron chi connectivity index (χ1n) is 10.7. The van der Waals surface area contributed by atoms with E-state index >= 15 is 0 Å². The molecule has 0 bridgehead atoms. The second kappa shape index (κ2) is 8.69. The van der Waals surface area contributed by atoms with Crippen molar-refractivity contribution in [1.29, 1.82) is 0 Å². The van der Waals surface area contributed by atoms with Crippen molar-refractivity contribution in [3.05, 3.63) is 17.7 Å². The number of carbonyl (C=O) groups excluding carboxylic acids is 1. The van der Waals surface area contributed by atoms with E-state index in [-0.39, 0.29) is 12.1 Å². The molecule has 1 aromatic carbocycles. The summed E-state index contributed by atoms with van der Waals surface area (Å²) in [7, 11) is 3.47. The van der Waals surface area contributed by atoms with E-state index in [9.17, 15) is 9.90 Å². The Kier molecular flexibility index (Phi) is 6.18. The Balaban J connectivity index is 1.53. The van der Waals surface area contributed by atoms with Gasteiger partial charge in [-0.05, 0) is 63.0 Å². The summed E-state index contributed by atoms with van der Waals surface area (Å²) in [4.78, 5) is 19.3. The summed E-state index contributed by atoms with van der Waals surface area (Å²) in [6.45, 7) is 3.42. The number of carbonyl (C=O) groups is 1. The van der Waals surface area contributed by atoms with Crippen molar-refractivity contribution < 1.29 is 19.4 Å². The largest absolute Gasteiger partial charge is 0.494 e. The summed E-state index contributed by atoms with van der Waals surface area (Å²) < 4.78 is 12.1. The van der Waals surface area contributed by atoms with Crippen LogP contribution in [0.1, 0.15) is 56.9 Å². The number of aliphatic hydroxyl groups is 1. The lowest BCUT2D eigenvalue weighted by molar-refractivity contribution is 0.00419. The maximum atomic E-state index is 12.9. The van der Waals surface area contributed by atoms with Crippen LogP contribution in [-0.4, -0.2) is 60.0 Å². The third-order valence-electron chi connectivity index (χ3n) is 6.53. The third-order valence-corrected chi connectivity index (χ3v) is 7.55. The Morgan fingerprint density at radius 2 is 2.00 bits per heavy atom. The molecule has 8 heteroatoms. The first-order valence-corrected chi connectivity index (χ1v) is 11.5. The van der Waals surface area contributed by atoms with Crippen LogP contribution in [0, 0.1) is 0 Å². The standard InChI is InChI=1S/C22H31N3O4S/c1-22(27)10-6-15(7-11-22)25(2)21(26)24-20-23-18-17(28-3)5-4-16(19(18)30-20)14-8-12-29-13-9-14/h4-5,14-15,27H,6-13H2,1-3H3,(H,23,24,26)/t15-,22-. The van der Waals surface area contributed by atoms with Gasteiger partial charge in [-0.15, -0.1) is 0 Å². The van der Waals surface area contributed by atoms with Gasteiger partial charge in [-0.25, -0.2) is 9.78 Å². The highest BCUT2D eigenvalue weighted by molar-refractivity contribution is 7.22. The number of aromatic nitrogens is 1. The summed E-state index contributed by atoms with van der Waals surface area (Å²) in [5, 5.41) is 13.7. The summed E-state index contributed by atoms with van der Waals surface area (Å²) in [6, 6.07) is 4.07. The number of urea groups is 1. The lowest BCUT2D eigenvalue weighted by atomic mass is 9.83. The van der Waals surface area contributed by atoms with Crippen LogP contribution < -0.4 is 10.1 Å². The van der Waals surface area contributed by atoms with Crippen LogP contribution in [-0.2, 0) is 4.74 Å². The van der Waals surface area contributed by atoms with Crippen molar-refractivity contribution in [2.45, 2.75) is 63.0 Å². The van der Waals surface area contributed by atoms with Crippen molar-refractivity contribution in [1.82, 2.24) is 9.88 Å². The molecule has 2 aliphatic rings. The van der Waals surface area contributed by atoms with Gasteiger partial charge in [0.05, 0.1) is 17.4 Å². The topological polar surface area (TPSA) is 83.9 Å². The highest BCUT2D eigenvalue weighted by Crippen LogP contribution is 2.41. The van der Waals surface area contributed by atoms with E-state index in [0.717, 1.165) is 54.9 Å². The first kappa shape index (κ1) is 21.3. The number of amides is 2. The fourth-order valence-electron chi connectivity index (χ4n) is 4.51. The van der Waals surface area contributed by atoms with Gasteiger partial charge in [-0.2, -0.15) is 0 Å². The molecule has 4 rings (SSSR count). The van der Waals surface area contributed by atoms with Crippen molar-refractivity contribution >= 4 is 32.7 Å². The minimum absolute atomic E-state index is 0.131. The molecular weight excluding hydrogens is 402 g/mol. The van der Waals surface area contributed by atoms with Crippen LogP contribution >= 0.6 is 11.3 Å². The molecule has 1 aliphatic carbocycles. The van der Waals surface area contributed by atoms with Crippen LogP contribution in [0.3, 0.4) is 0 Å². The number of ether oxygens (including phenoxy) is 2. The minimum Gasteiger partial charge on any atom is -0.494 e. The van der Waals surface area contributed by atoms with Crippen LogP contribution in [0.5, 0.6) is 5.75 Å². The minimum atomic E-state index is -0.613. The summed E-state index contributed by atoms with van der Waals surface area (Å²) in [5.74, 6) is 1.16. The number of nitrogens with one attached hydrogen (secondary N) is 1. The maximum absolute atomic E-state index is 12.9. The zero-order valence-electron chi connectivity index (χ0n) is 17.9. The Hall–Kier alpha value is -1.90. The molecule has 1 aromatic heterocycles. The Morgan fingerprint density at radius 3 is 2.67 bits per heavy atom. The average molecular weight is 434 g/mol. The first-order chi connectivity index (χ1) is 14.4. The number of methoxy groups -OCH3 is 1. The normalized spacial score (nSPS) is 25.3. The predicted octanol–water partition coefficient (Wildman–Crippen LogP) is 4.36. The summed E-state index contributed by atoms with van der Waals surface area (Å²) in [5.41, 5.74) is 1.45. The van der Waals surface area contributed by atoms with Gasteiger partial charge in [-0.1, -0.05) is 17.4 Å². The molecule has 30 heavy (non-hydrogen) atoms. The molecular formula is C22H31N3O4S. The van der Waals surface area contributed by atoms with Crippen LogP contribution in [0.4, 0.5) is 9.93 Å². The van der Waals surface area contributed by atoms with E-state index in [1.807, 2.05) is 20.0 Å². The van der Waals surface area contributed by atoms with E-state index < -0.39 is 5.60 Å². The van der Waals surface area contributed by atoms with Crippen molar-refractivity contribution in [3.8, 4) is 5.75 Å². The van der Waals surface area contributed by atoms with E-state index in [2.05, 4.69) is 11.4 Å². The van der Waals surface area contributed by atoms with Crippen molar-refractivity contribution in [3.63, 3.8) is 0 Å². The molecule has 0 unspecified atom stereocenters.